The van der Waals surface area contributed by atoms with Gasteiger partial charge in [0.1, 0.15) is 5.58 Å². The molecule has 9 rings (SSSR count). The Morgan fingerprint density at radius 3 is 1.98 bits per heavy atom. The molecule has 4 heterocycles. The van der Waals surface area contributed by atoms with Crippen molar-refractivity contribution in [3.63, 3.8) is 0 Å². The summed E-state index contributed by atoms with van der Waals surface area (Å²) in [5.74, 6) is 0.703. The van der Waals surface area contributed by atoms with Crippen LogP contribution in [0, 0.1) is 12.1 Å². The van der Waals surface area contributed by atoms with Gasteiger partial charge in [-0.1, -0.05) is 153 Å². The van der Waals surface area contributed by atoms with Crippen molar-refractivity contribution in [1.29, 1.82) is 0 Å². The van der Waals surface area contributed by atoms with Crippen LogP contribution in [0.3, 0.4) is 0 Å². The molecule has 5 aromatic carbocycles. The van der Waals surface area contributed by atoms with E-state index in [0.29, 0.717) is 0 Å². The molecular formula is C57H60IrN4OSi-2. The summed E-state index contributed by atoms with van der Waals surface area (Å²) >= 11 is 0. The molecule has 0 saturated carbocycles. The quantitative estimate of drug-likeness (QED) is 0.112. The number of pyridine rings is 2. The van der Waals surface area contributed by atoms with Gasteiger partial charge >= 0.3 is 0 Å². The molecule has 0 bridgehead atoms. The van der Waals surface area contributed by atoms with E-state index >= 15 is 0 Å². The molecule has 5 nitrogen and oxygen atoms in total. The zero-order valence-electron chi connectivity index (χ0n) is 40.3. The van der Waals surface area contributed by atoms with E-state index in [4.69, 9.17) is 15.8 Å². The number of fused-ring (bicyclic) bond motifs is 4. The third-order valence-corrected chi connectivity index (χ3v) is 13.9. The van der Waals surface area contributed by atoms with Crippen molar-refractivity contribution >= 4 is 46.4 Å². The Balaban J connectivity index is 0.000000253. The van der Waals surface area contributed by atoms with Gasteiger partial charge in [0.15, 0.2) is 5.65 Å². The first-order valence-corrected chi connectivity index (χ1v) is 25.7. The van der Waals surface area contributed by atoms with Crippen LogP contribution in [0.5, 0.6) is 0 Å². The second-order valence-electron chi connectivity index (χ2n) is 19.6. The average molecular weight is 1040 g/mol. The molecule has 0 unspecified atom stereocenters. The molecule has 0 aliphatic heterocycles. The van der Waals surface area contributed by atoms with Crippen LogP contribution in [0.1, 0.15) is 104 Å². The van der Waals surface area contributed by atoms with E-state index in [1.54, 1.807) is 0 Å². The molecule has 0 N–H and O–H groups in total. The Morgan fingerprint density at radius 1 is 0.688 bits per heavy atom. The fourth-order valence-electron chi connectivity index (χ4n) is 8.39. The summed E-state index contributed by atoms with van der Waals surface area (Å²) in [5, 5.41) is 3.42. The minimum absolute atomic E-state index is 0. The monoisotopic (exact) mass is 1040 g/mol. The summed E-state index contributed by atoms with van der Waals surface area (Å²) in [6.45, 7) is 26.5. The minimum Gasteiger partial charge on any atom is -0.501 e. The molecule has 64 heavy (non-hydrogen) atoms. The van der Waals surface area contributed by atoms with E-state index in [1.807, 2.05) is 68.7 Å². The van der Waals surface area contributed by atoms with Crippen LogP contribution in [-0.2, 0) is 25.5 Å². The third-order valence-electron chi connectivity index (χ3n) is 11.9. The molecule has 0 atom stereocenters. The molecule has 0 saturated heterocycles. The van der Waals surface area contributed by atoms with Crippen molar-refractivity contribution in [3.8, 4) is 39.5 Å². The normalized spacial score (nSPS) is 12.4. The standard InChI is InChI=1S/C40H38N3O.C17H22NSi.Ir/c1-24(2)32-20-27(26-14-9-8-10-15-26)21-33(25(3)4)36(32)43-38(42-34-22-28(40(5,6)7)23-41-39(34)43)31-18-13-17-30-29-16-11-12-19-35(29)44-37(30)31;1-13(2)15-11-16(14-9-7-6-8-10-14)18-12-17(15)19(3,4)5;/h8-17,19-25H,1-7H3;6-9,11-13H,1-5H3;/q2*-1;/i;13D;. The molecule has 0 aliphatic rings. The Bertz CT molecular complexity index is 3090. The predicted octanol–water partition coefficient (Wildman–Crippen LogP) is 15.2. The molecule has 7 heteroatoms. The number of imidazole rings is 1. The van der Waals surface area contributed by atoms with Crippen LogP contribution in [0.25, 0.3) is 72.6 Å². The van der Waals surface area contributed by atoms with Gasteiger partial charge in [0.05, 0.1) is 25.0 Å². The van der Waals surface area contributed by atoms with Crippen LogP contribution < -0.4 is 5.19 Å². The molecule has 0 fully saturated rings. The van der Waals surface area contributed by atoms with Gasteiger partial charge in [0.2, 0.25) is 0 Å². The van der Waals surface area contributed by atoms with Gasteiger partial charge in [-0.25, -0.2) is 4.98 Å². The number of aromatic nitrogens is 4. The smallest absolute Gasteiger partial charge is 0.155 e. The topological polar surface area (TPSA) is 56.7 Å². The van der Waals surface area contributed by atoms with Crippen molar-refractivity contribution in [3.05, 3.63) is 162 Å². The summed E-state index contributed by atoms with van der Waals surface area (Å²) in [6.07, 6.45) is 3.99. The van der Waals surface area contributed by atoms with Crippen molar-refractivity contribution in [1.82, 2.24) is 19.5 Å². The fraction of sp³-hybridized carbons (Fsp3) is 0.281. The maximum atomic E-state index is 8.44. The van der Waals surface area contributed by atoms with Crippen LogP contribution in [-0.4, -0.2) is 27.6 Å². The second-order valence-corrected chi connectivity index (χ2v) is 24.6. The van der Waals surface area contributed by atoms with Crippen molar-refractivity contribution in [2.24, 2.45) is 0 Å². The zero-order valence-corrected chi connectivity index (χ0v) is 42.7. The third kappa shape index (κ3) is 9.22. The van der Waals surface area contributed by atoms with Gasteiger partial charge in [-0.05, 0) is 86.1 Å². The summed E-state index contributed by atoms with van der Waals surface area (Å²) in [5.41, 5.74) is 14.4. The molecule has 329 valence electrons. The van der Waals surface area contributed by atoms with E-state index in [1.165, 1.54) is 27.4 Å². The zero-order chi connectivity index (χ0) is 45.7. The van der Waals surface area contributed by atoms with Crippen molar-refractivity contribution in [2.75, 3.05) is 0 Å². The van der Waals surface area contributed by atoms with Crippen LogP contribution in [0.4, 0.5) is 0 Å². The summed E-state index contributed by atoms with van der Waals surface area (Å²) in [7, 11) is -1.50. The van der Waals surface area contributed by atoms with Gasteiger partial charge in [-0.2, -0.15) is 0 Å². The molecule has 9 aromatic rings. The summed E-state index contributed by atoms with van der Waals surface area (Å²) in [6, 6.07) is 46.5. The van der Waals surface area contributed by atoms with E-state index in [0.717, 1.165) is 72.6 Å². The first-order chi connectivity index (χ1) is 30.3. The molecule has 0 aliphatic carbocycles. The van der Waals surface area contributed by atoms with Gasteiger partial charge in [0, 0.05) is 44.9 Å². The first kappa shape index (κ1) is 45.1. The summed E-state index contributed by atoms with van der Waals surface area (Å²) < 4.78 is 17.2. The van der Waals surface area contributed by atoms with Gasteiger partial charge < -0.3 is 14.0 Å². The fourth-order valence-corrected chi connectivity index (χ4v) is 9.98. The largest absolute Gasteiger partial charge is 0.501 e. The van der Waals surface area contributed by atoms with E-state index < -0.39 is 14.0 Å². The van der Waals surface area contributed by atoms with Crippen LogP contribution >= 0.6 is 0 Å². The Morgan fingerprint density at radius 2 is 1.36 bits per heavy atom. The van der Waals surface area contributed by atoms with Crippen LogP contribution in [0.15, 0.2) is 132 Å². The number of furan rings is 1. The number of hydrogen-bond acceptors (Lipinski definition) is 4. The first-order valence-electron chi connectivity index (χ1n) is 22.7. The van der Waals surface area contributed by atoms with Gasteiger partial charge in [-0.15, -0.1) is 54.1 Å². The van der Waals surface area contributed by atoms with Gasteiger partial charge in [-0.3, -0.25) is 4.98 Å². The Hall–Kier alpha value is -5.46. The summed E-state index contributed by atoms with van der Waals surface area (Å²) in [4.78, 5) is 15.1. The molecular weight excluding hydrogens is 977 g/mol. The molecule has 0 amide bonds. The molecule has 4 aromatic heterocycles. The van der Waals surface area contributed by atoms with Crippen molar-refractivity contribution in [2.45, 2.75) is 105 Å². The number of rotatable bonds is 8. The molecule has 0 spiro atoms. The van der Waals surface area contributed by atoms with E-state index in [2.05, 4.69) is 163 Å². The Labute approximate surface area is 396 Å². The predicted molar refractivity (Wildman–Crippen MR) is 268 cm³/mol. The second kappa shape index (κ2) is 18.6. The number of benzene rings is 5. The average Bonchev–Trinajstić information content (AvgIpc) is 3.84. The molecule has 1 radical (unpaired) electrons. The maximum Gasteiger partial charge on any atom is 0.155 e. The number of para-hydroxylation sites is 1. The van der Waals surface area contributed by atoms with E-state index in [9.17, 15) is 0 Å². The number of nitrogens with zero attached hydrogens (tertiary/aromatic N) is 4. The maximum absolute atomic E-state index is 8.44. The van der Waals surface area contributed by atoms with Crippen molar-refractivity contribution < 1.29 is 25.9 Å². The Kier molecular flexibility index (Phi) is 13.1. The minimum atomic E-state index is -1.50. The van der Waals surface area contributed by atoms with Crippen LogP contribution in [0.2, 0.25) is 19.6 Å². The van der Waals surface area contributed by atoms with E-state index in [-0.39, 0.29) is 37.4 Å². The number of hydrogen-bond donors (Lipinski definition) is 0. The van der Waals surface area contributed by atoms with Gasteiger partial charge in [0.25, 0.3) is 0 Å². The SMILES string of the molecule is CC(C)c1cc(-c2ccccc2)cc(C(C)C)c1-n1c(-c2[c-]ccc3c2oc2ccccc23)nc2cc(C(C)(C)C)cnc21.[2H]C(C)(C)c1cc(-c2[c-]cccc2)ncc1[Si](C)(C)C.[Ir].